The van der Waals surface area contributed by atoms with Crippen LogP contribution >= 0.6 is 22.7 Å². The van der Waals surface area contributed by atoms with Crippen molar-refractivity contribution in [2.24, 2.45) is 7.05 Å². The summed E-state index contributed by atoms with van der Waals surface area (Å²) in [6, 6.07) is 5.84. The number of rotatable bonds is 4. The molecule has 140 valence electrons. The van der Waals surface area contributed by atoms with E-state index in [-0.39, 0.29) is 5.56 Å². The summed E-state index contributed by atoms with van der Waals surface area (Å²) in [5.41, 5.74) is 8.59. The van der Waals surface area contributed by atoms with E-state index in [9.17, 15) is 4.79 Å². The zero-order valence-electron chi connectivity index (χ0n) is 14.9. The van der Waals surface area contributed by atoms with E-state index in [0.29, 0.717) is 23.6 Å². The third-order valence-corrected chi connectivity index (χ3v) is 6.31. The molecule has 5 aromatic rings. The Kier molecular flexibility index (Phi) is 3.95. The fraction of sp³-hybridized carbons (Fsp3) is 0.167. The Morgan fingerprint density at radius 2 is 2.11 bits per heavy atom. The fourth-order valence-corrected chi connectivity index (χ4v) is 4.90. The van der Waals surface area contributed by atoms with Gasteiger partial charge < -0.3 is 10.3 Å². The van der Waals surface area contributed by atoms with E-state index < -0.39 is 0 Å². The number of nitrogen functional groups attached to an aromatic ring is 1. The predicted molar refractivity (Wildman–Crippen MR) is 111 cm³/mol. The zero-order valence-corrected chi connectivity index (χ0v) is 16.5. The first-order valence-corrected chi connectivity index (χ1v) is 10.2. The number of nitrogens with two attached hydrogens (primary N) is 1. The second-order valence-electron chi connectivity index (χ2n) is 6.36. The van der Waals surface area contributed by atoms with Crippen molar-refractivity contribution >= 4 is 49.1 Å². The van der Waals surface area contributed by atoms with Crippen LogP contribution in [-0.4, -0.2) is 29.3 Å². The summed E-state index contributed by atoms with van der Waals surface area (Å²) < 4.78 is 4.23. The van der Waals surface area contributed by atoms with Crippen LogP contribution in [0.1, 0.15) is 16.4 Å². The molecule has 0 spiro atoms. The summed E-state index contributed by atoms with van der Waals surface area (Å²) in [5.74, 6) is 0. The SMILES string of the molecule is Cn1c2nc(Cc3ccccn3)sc2c2cnn(Cc3csc(N)n3)c(=O)c21. The lowest BCUT2D eigenvalue weighted by atomic mass is 10.3. The summed E-state index contributed by atoms with van der Waals surface area (Å²) in [6.07, 6.45) is 4.18. The first-order chi connectivity index (χ1) is 13.6. The van der Waals surface area contributed by atoms with Crippen LogP contribution in [0, 0.1) is 0 Å². The first kappa shape index (κ1) is 17.0. The maximum Gasteiger partial charge on any atom is 0.291 e. The van der Waals surface area contributed by atoms with E-state index in [0.717, 1.165) is 32.1 Å². The molecule has 5 heterocycles. The number of aromatic nitrogens is 6. The lowest BCUT2D eigenvalue weighted by molar-refractivity contribution is 0.635. The highest BCUT2D eigenvalue weighted by molar-refractivity contribution is 7.19. The number of fused-ring (bicyclic) bond motifs is 3. The van der Waals surface area contributed by atoms with Crippen molar-refractivity contribution in [1.29, 1.82) is 0 Å². The lowest BCUT2D eigenvalue weighted by Crippen LogP contribution is -2.24. The molecule has 5 aromatic heterocycles. The van der Waals surface area contributed by atoms with E-state index in [2.05, 4.69) is 15.1 Å². The van der Waals surface area contributed by atoms with E-state index >= 15 is 0 Å². The number of hydrogen-bond acceptors (Lipinski definition) is 8. The molecular weight excluding hydrogens is 394 g/mol. The van der Waals surface area contributed by atoms with Gasteiger partial charge in [-0.05, 0) is 12.1 Å². The number of pyridine rings is 1. The molecule has 0 saturated carbocycles. The topological polar surface area (TPSA) is 105 Å². The monoisotopic (exact) mass is 409 g/mol. The first-order valence-electron chi connectivity index (χ1n) is 8.54. The second-order valence-corrected chi connectivity index (χ2v) is 8.34. The fourth-order valence-electron chi connectivity index (χ4n) is 3.23. The number of aryl methyl sites for hydroxylation is 1. The Bertz CT molecular complexity index is 1360. The van der Waals surface area contributed by atoms with Crippen LogP contribution in [0.4, 0.5) is 5.13 Å². The Hall–Kier alpha value is -3.11. The molecule has 10 heteroatoms. The maximum atomic E-state index is 13.0. The van der Waals surface area contributed by atoms with E-state index in [1.807, 2.05) is 35.2 Å². The average Bonchev–Trinajstić information content (AvgIpc) is 3.35. The van der Waals surface area contributed by atoms with Gasteiger partial charge in [-0.2, -0.15) is 5.10 Å². The Labute approximate surface area is 166 Å². The summed E-state index contributed by atoms with van der Waals surface area (Å²) in [4.78, 5) is 26.3. The largest absolute Gasteiger partial charge is 0.375 e. The molecule has 8 nitrogen and oxygen atoms in total. The van der Waals surface area contributed by atoms with Gasteiger partial charge in [-0.3, -0.25) is 9.78 Å². The third-order valence-electron chi connectivity index (χ3n) is 4.51. The molecule has 0 atom stereocenters. The molecule has 5 rings (SSSR count). The normalized spacial score (nSPS) is 11.6. The minimum absolute atomic E-state index is 0.164. The van der Waals surface area contributed by atoms with Crippen molar-refractivity contribution in [2.45, 2.75) is 13.0 Å². The van der Waals surface area contributed by atoms with Crippen molar-refractivity contribution < 1.29 is 0 Å². The van der Waals surface area contributed by atoms with Crippen molar-refractivity contribution in [3.05, 3.63) is 62.7 Å². The van der Waals surface area contributed by atoms with Gasteiger partial charge in [-0.15, -0.1) is 22.7 Å². The Morgan fingerprint density at radius 3 is 2.86 bits per heavy atom. The molecule has 0 aliphatic heterocycles. The van der Waals surface area contributed by atoms with E-state index in [1.54, 1.807) is 23.7 Å². The molecule has 0 saturated heterocycles. The molecule has 0 aliphatic rings. The van der Waals surface area contributed by atoms with Crippen LogP contribution in [0.25, 0.3) is 21.3 Å². The molecular formula is C18H15N7OS2. The van der Waals surface area contributed by atoms with Crippen LogP contribution in [0.5, 0.6) is 0 Å². The van der Waals surface area contributed by atoms with Gasteiger partial charge in [0.1, 0.15) is 10.5 Å². The predicted octanol–water partition coefficient (Wildman–Crippen LogP) is 2.42. The number of hydrogen-bond donors (Lipinski definition) is 1. The summed E-state index contributed by atoms with van der Waals surface area (Å²) in [5, 5.41) is 8.45. The zero-order chi connectivity index (χ0) is 19.3. The molecule has 2 N–H and O–H groups in total. The van der Waals surface area contributed by atoms with Gasteiger partial charge in [-0.25, -0.2) is 14.6 Å². The van der Waals surface area contributed by atoms with Crippen LogP contribution in [-0.2, 0) is 20.0 Å². The highest BCUT2D eigenvalue weighted by Gasteiger charge is 2.18. The quantitative estimate of drug-likeness (QED) is 0.489. The second kappa shape index (κ2) is 6.50. The van der Waals surface area contributed by atoms with Crippen molar-refractivity contribution in [3.63, 3.8) is 0 Å². The van der Waals surface area contributed by atoms with Gasteiger partial charge in [0.15, 0.2) is 10.8 Å². The smallest absolute Gasteiger partial charge is 0.291 e. The Balaban J connectivity index is 1.58. The van der Waals surface area contributed by atoms with E-state index in [1.165, 1.54) is 16.0 Å². The standard InChI is InChI=1S/C18H15N7OS2/c1-24-14-12(7-21-25(17(14)26)8-11-9-27-18(19)22-11)15-16(24)23-13(28-15)6-10-4-2-3-5-20-10/h2-5,7,9H,6,8H2,1H3,(H2,19,22). The highest BCUT2D eigenvalue weighted by atomic mass is 32.1. The van der Waals surface area contributed by atoms with Crippen molar-refractivity contribution in [3.8, 4) is 0 Å². The molecule has 0 aliphatic carbocycles. The van der Waals surface area contributed by atoms with Gasteiger partial charge in [0.2, 0.25) is 0 Å². The number of anilines is 1. The third kappa shape index (κ3) is 2.77. The molecule has 28 heavy (non-hydrogen) atoms. The molecule has 0 radical (unpaired) electrons. The summed E-state index contributed by atoms with van der Waals surface area (Å²) in [7, 11) is 1.86. The van der Waals surface area contributed by atoms with Gasteiger partial charge in [0.25, 0.3) is 5.56 Å². The molecule has 0 amide bonds. The summed E-state index contributed by atoms with van der Waals surface area (Å²) >= 11 is 2.93. The Morgan fingerprint density at radius 1 is 1.21 bits per heavy atom. The van der Waals surface area contributed by atoms with Gasteiger partial charge in [0, 0.05) is 36.1 Å². The molecule has 0 bridgehead atoms. The average molecular weight is 410 g/mol. The minimum atomic E-state index is -0.164. The van der Waals surface area contributed by atoms with Crippen LogP contribution in [0.3, 0.4) is 0 Å². The van der Waals surface area contributed by atoms with Crippen LogP contribution in [0.15, 0.2) is 40.8 Å². The molecule has 0 unspecified atom stereocenters. The van der Waals surface area contributed by atoms with Gasteiger partial charge >= 0.3 is 0 Å². The maximum absolute atomic E-state index is 13.0. The van der Waals surface area contributed by atoms with Crippen LogP contribution in [0.2, 0.25) is 0 Å². The minimum Gasteiger partial charge on any atom is -0.375 e. The van der Waals surface area contributed by atoms with Gasteiger partial charge in [0.05, 0.1) is 23.1 Å². The summed E-state index contributed by atoms with van der Waals surface area (Å²) in [6.45, 7) is 0.291. The number of thiazole rings is 2. The van der Waals surface area contributed by atoms with Crippen molar-refractivity contribution in [1.82, 2.24) is 29.3 Å². The molecule has 0 aromatic carbocycles. The van der Waals surface area contributed by atoms with Gasteiger partial charge in [-0.1, -0.05) is 6.07 Å². The van der Waals surface area contributed by atoms with Crippen LogP contribution < -0.4 is 11.3 Å². The number of nitrogens with zero attached hydrogens (tertiary/aromatic N) is 6. The molecule has 0 fully saturated rings. The lowest BCUT2D eigenvalue weighted by Gasteiger charge is -2.03. The van der Waals surface area contributed by atoms with Crippen molar-refractivity contribution in [2.75, 3.05) is 5.73 Å². The van der Waals surface area contributed by atoms with E-state index in [4.69, 9.17) is 10.7 Å². The highest BCUT2D eigenvalue weighted by Crippen LogP contribution is 2.31.